The smallest absolute Gasteiger partial charge is 0.317 e. The van der Waals surface area contributed by atoms with E-state index >= 15 is 4.39 Å². The number of rotatable bonds is 18. The Labute approximate surface area is 439 Å². The molecule has 3 amide bonds. The summed E-state index contributed by atoms with van der Waals surface area (Å²) in [6.45, 7) is 5.32. The van der Waals surface area contributed by atoms with Crippen molar-refractivity contribution in [2.75, 3.05) is 39.3 Å². The van der Waals surface area contributed by atoms with E-state index in [-0.39, 0.29) is 29.0 Å². The van der Waals surface area contributed by atoms with Gasteiger partial charge in [0, 0.05) is 79.6 Å². The second-order valence-electron chi connectivity index (χ2n) is 22.4. The normalized spacial score (nSPS) is 22.4. The fourth-order valence-corrected chi connectivity index (χ4v) is 13.3. The number of piperidine rings is 3. The average molecular weight is 1020 g/mol. The Morgan fingerprint density at radius 3 is 2.36 bits per heavy atom. The lowest BCUT2D eigenvalue weighted by molar-refractivity contribution is -0.134. The number of aromatic nitrogens is 4. The highest BCUT2D eigenvalue weighted by Gasteiger charge is 2.37. The van der Waals surface area contributed by atoms with Crippen LogP contribution in [0.1, 0.15) is 156 Å². The number of carbonyl (C=O) groups excluding carboxylic acids is 3. The number of aryl methyl sites for hydroxylation is 1. The fraction of sp³-hybridized carbons (Fsp3) is 0.508. The first-order chi connectivity index (χ1) is 36.5. The number of terminal acetylenes is 1. The first-order valence-electron chi connectivity index (χ1n) is 28.0. The van der Waals surface area contributed by atoms with Gasteiger partial charge in [0.2, 0.25) is 17.7 Å². The van der Waals surface area contributed by atoms with Gasteiger partial charge in [0.1, 0.15) is 11.6 Å². The summed E-state index contributed by atoms with van der Waals surface area (Å²) in [6.07, 6.45) is 24.1. The molecule has 3 N–H and O–H groups in total. The maximum absolute atomic E-state index is 15.0. The van der Waals surface area contributed by atoms with Crippen molar-refractivity contribution in [3.8, 4) is 35.2 Å². The minimum Gasteiger partial charge on any atom is -0.508 e. The van der Waals surface area contributed by atoms with Gasteiger partial charge in [0.15, 0.2) is 0 Å². The number of nitrogens with zero attached hydrogens (tertiary/aromatic N) is 6. The predicted octanol–water partition coefficient (Wildman–Crippen LogP) is 10.3. The van der Waals surface area contributed by atoms with Gasteiger partial charge in [-0.25, -0.2) is 4.39 Å². The molecule has 2 bridgehead atoms. The van der Waals surface area contributed by atoms with E-state index in [9.17, 15) is 19.5 Å². The van der Waals surface area contributed by atoms with Crippen LogP contribution >= 0.6 is 0 Å². The van der Waals surface area contributed by atoms with Gasteiger partial charge in [-0.15, -0.1) is 6.42 Å². The number of likely N-dealkylation sites (tertiary alicyclic amines) is 2. The molecule has 11 rings (SSSR count). The van der Waals surface area contributed by atoms with E-state index in [1.165, 1.54) is 63.0 Å². The van der Waals surface area contributed by atoms with E-state index in [4.69, 9.17) is 26.2 Å². The zero-order valence-corrected chi connectivity index (χ0v) is 43.4. The van der Waals surface area contributed by atoms with Crippen molar-refractivity contribution in [1.29, 1.82) is 0 Å². The Morgan fingerprint density at radius 2 is 1.59 bits per heavy atom. The summed E-state index contributed by atoms with van der Waals surface area (Å²) in [5, 5.41) is 24.9. The number of nitrogens with one attached hydrogen (secondary N) is 2. The number of carbonyl (C=O) groups is 3. The predicted molar refractivity (Wildman–Crippen MR) is 290 cm³/mol. The number of hydrogen-bond donors (Lipinski definition) is 3. The van der Waals surface area contributed by atoms with Crippen LogP contribution in [0.2, 0.25) is 0 Å². The van der Waals surface area contributed by atoms with Crippen LogP contribution in [-0.2, 0) is 21.4 Å². The Bertz CT molecular complexity index is 3150. The van der Waals surface area contributed by atoms with Gasteiger partial charge < -0.3 is 25.0 Å². The maximum Gasteiger partial charge on any atom is 0.317 e. The molecule has 7 heterocycles. The Morgan fingerprint density at radius 1 is 0.827 bits per heavy atom. The molecular weight excluding hydrogens is 944 g/mol. The zero-order valence-electron chi connectivity index (χ0n) is 43.4. The SMILES string of the molecule is C#Cc1c(F)ccc2cc(O)cc(-c3ccc4c(C5CC6CCC(C5)N6)nc(OCC5CCN(CCCCCCCCCCC(=O)N6CCC(c7ccc8c(C9CCC(=O)NC9=O)nn(C)c8c7)CC6)C5)nc4c3)c12. The van der Waals surface area contributed by atoms with Crippen molar-refractivity contribution in [3.63, 3.8) is 0 Å². The number of fused-ring (bicyclic) bond motifs is 5. The minimum absolute atomic E-state index is 0.0822. The van der Waals surface area contributed by atoms with Gasteiger partial charge in [0.05, 0.1) is 40.5 Å². The zero-order chi connectivity index (χ0) is 51.6. The third-order valence-corrected chi connectivity index (χ3v) is 17.3. The number of phenols is 1. The van der Waals surface area contributed by atoms with Crippen LogP contribution < -0.4 is 15.4 Å². The van der Waals surface area contributed by atoms with Crippen LogP contribution in [0.4, 0.5) is 4.39 Å². The lowest BCUT2D eigenvalue weighted by atomic mass is 9.87. The lowest BCUT2D eigenvalue weighted by Gasteiger charge is -2.32. The summed E-state index contributed by atoms with van der Waals surface area (Å²) in [5.74, 6) is 2.62. The third kappa shape index (κ3) is 11.1. The molecule has 2 aromatic heterocycles. The summed E-state index contributed by atoms with van der Waals surface area (Å²) in [4.78, 5) is 52.2. The van der Waals surface area contributed by atoms with Crippen LogP contribution in [0.5, 0.6) is 11.8 Å². The first-order valence-corrected chi connectivity index (χ1v) is 28.0. The highest BCUT2D eigenvalue weighted by molar-refractivity contribution is 6.04. The first kappa shape index (κ1) is 50.7. The average Bonchev–Trinajstić information content (AvgIpc) is 4.12. The molecule has 13 nitrogen and oxygen atoms in total. The van der Waals surface area contributed by atoms with E-state index in [2.05, 4.69) is 50.6 Å². The largest absolute Gasteiger partial charge is 0.508 e. The number of ether oxygens (including phenoxy) is 1. The quantitative estimate of drug-likeness (QED) is 0.0431. The minimum atomic E-state index is -0.468. The summed E-state index contributed by atoms with van der Waals surface area (Å²) in [7, 11) is 1.91. The van der Waals surface area contributed by atoms with E-state index in [0.29, 0.717) is 78.1 Å². The second-order valence-corrected chi connectivity index (χ2v) is 22.4. The van der Waals surface area contributed by atoms with Crippen LogP contribution in [0.25, 0.3) is 43.7 Å². The molecular formula is C61H71FN8O5. The molecule has 75 heavy (non-hydrogen) atoms. The van der Waals surface area contributed by atoms with Crippen molar-refractivity contribution >= 4 is 50.3 Å². The van der Waals surface area contributed by atoms with Crippen molar-refractivity contribution < 1.29 is 28.6 Å². The highest BCUT2D eigenvalue weighted by atomic mass is 19.1. The van der Waals surface area contributed by atoms with Crippen molar-refractivity contribution in [3.05, 3.63) is 89.0 Å². The molecule has 392 valence electrons. The molecule has 4 unspecified atom stereocenters. The molecule has 4 aromatic carbocycles. The van der Waals surface area contributed by atoms with Crippen molar-refractivity contribution in [2.45, 2.75) is 145 Å². The number of hydrogen-bond acceptors (Lipinski definition) is 10. The Hall–Kier alpha value is -6.43. The molecule has 5 fully saturated rings. The van der Waals surface area contributed by atoms with E-state index < -0.39 is 11.7 Å². The van der Waals surface area contributed by atoms with E-state index in [1.54, 1.807) is 18.2 Å². The van der Waals surface area contributed by atoms with Crippen molar-refractivity contribution in [1.82, 2.24) is 40.2 Å². The number of aromatic hydroxyl groups is 1. The molecule has 0 saturated carbocycles. The number of benzene rings is 4. The molecule has 6 aromatic rings. The topological polar surface area (TPSA) is 155 Å². The maximum atomic E-state index is 15.0. The number of phenolic OH excluding ortho intramolecular Hbond substituents is 1. The van der Waals surface area contributed by atoms with Crippen LogP contribution in [0.15, 0.2) is 60.7 Å². The van der Waals surface area contributed by atoms with Gasteiger partial charge in [-0.3, -0.25) is 24.4 Å². The summed E-state index contributed by atoms with van der Waals surface area (Å²) >= 11 is 0. The van der Waals surface area contributed by atoms with Crippen LogP contribution in [0.3, 0.4) is 0 Å². The van der Waals surface area contributed by atoms with E-state index in [0.717, 1.165) is 116 Å². The second kappa shape index (κ2) is 22.4. The monoisotopic (exact) mass is 1010 g/mol. The highest BCUT2D eigenvalue weighted by Crippen LogP contribution is 2.42. The van der Waals surface area contributed by atoms with Gasteiger partial charge in [-0.1, -0.05) is 74.8 Å². The van der Waals surface area contributed by atoms with Crippen LogP contribution in [0, 0.1) is 24.1 Å². The standard InChI is InChI=1S/C61H71FN8O5/c1-3-47-52(62)21-15-42-32-46(71)35-51(57(42)47)41-14-18-48-53(33-41)64-61(66-58(48)43-30-44-16-17-45(31-43)63-44)75-37-38-23-27-69(36-38)26-11-9-7-5-4-6-8-10-12-56(73)70-28-24-39(25-29-70)40-13-19-49-54(34-40)68(2)67-59(49)50-20-22-55(72)65-60(50)74/h1,13-15,18-19,21,32-35,38-39,43-45,50,63,71H,4-12,16-17,20,22-31,36-37H2,2H3,(H,65,72,74). The number of imide groups is 1. The Balaban J connectivity index is 0.597. The van der Waals surface area contributed by atoms with Gasteiger partial charge in [0.25, 0.3) is 0 Å². The molecule has 4 atom stereocenters. The number of halogens is 1. The fourth-order valence-electron chi connectivity index (χ4n) is 13.3. The molecule has 5 saturated heterocycles. The van der Waals surface area contributed by atoms with Gasteiger partial charge >= 0.3 is 6.01 Å². The summed E-state index contributed by atoms with van der Waals surface area (Å²) in [5.41, 5.74) is 6.40. The molecule has 0 spiro atoms. The molecule has 0 aliphatic carbocycles. The summed E-state index contributed by atoms with van der Waals surface area (Å²) < 4.78 is 23.4. The van der Waals surface area contributed by atoms with Crippen LogP contribution in [-0.4, -0.2) is 104 Å². The van der Waals surface area contributed by atoms with Gasteiger partial charge in [-0.05, 0) is 136 Å². The molecule has 14 heteroatoms. The number of unbranched alkanes of at least 4 members (excludes halogenated alkanes) is 7. The molecule has 0 radical (unpaired) electrons. The Kier molecular flexibility index (Phi) is 15.2. The lowest BCUT2D eigenvalue weighted by Crippen LogP contribution is -2.39. The molecule has 5 aliphatic rings. The number of amides is 3. The van der Waals surface area contributed by atoms with Crippen molar-refractivity contribution in [2.24, 2.45) is 13.0 Å². The third-order valence-electron chi connectivity index (χ3n) is 17.3. The van der Waals surface area contributed by atoms with Gasteiger partial charge in [-0.2, -0.15) is 15.1 Å². The van der Waals surface area contributed by atoms with E-state index in [1.807, 2.05) is 23.9 Å². The summed E-state index contributed by atoms with van der Waals surface area (Å²) in [6, 6.07) is 20.2. The molecule has 5 aliphatic heterocycles.